The Labute approximate surface area is 230 Å². The summed E-state index contributed by atoms with van der Waals surface area (Å²) in [5.74, 6) is -2.00. The van der Waals surface area contributed by atoms with Crippen molar-refractivity contribution in [2.75, 3.05) is 11.8 Å². The molecule has 1 aromatic heterocycles. The average molecular weight is 622 g/mol. The molecule has 38 heavy (non-hydrogen) atoms. The van der Waals surface area contributed by atoms with Crippen LogP contribution in [-0.4, -0.2) is 43.4 Å². The number of hydrogen-bond acceptors (Lipinski definition) is 7. The Morgan fingerprint density at radius 2 is 1.87 bits per heavy atom. The van der Waals surface area contributed by atoms with Gasteiger partial charge in [-0.3, -0.25) is 19.5 Å². The van der Waals surface area contributed by atoms with E-state index in [1.165, 1.54) is 60.9 Å². The fourth-order valence-electron chi connectivity index (χ4n) is 3.66. The van der Waals surface area contributed by atoms with Crippen LogP contribution < -0.4 is 10.0 Å². The van der Waals surface area contributed by atoms with Gasteiger partial charge in [0.2, 0.25) is 0 Å². The number of hydrogen-bond donors (Lipinski definition) is 2. The van der Waals surface area contributed by atoms with E-state index in [4.69, 9.17) is 16.3 Å². The van der Waals surface area contributed by atoms with Crippen molar-refractivity contribution in [1.82, 2.24) is 15.3 Å². The number of nitrogens with zero attached hydrogens (tertiary/aromatic N) is 2. The van der Waals surface area contributed by atoms with Crippen LogP contribution in [0.1, 0.15) is 15.9 Å². The lowest BCUT2D eigenvalue weighted by Gasteiger charge is -2.19. The van der Waals surface area contributed by atoms with E-state index in [2.05, 4.69) is 35.9 Å². The summed E-state index contributed by atoms with van der Waals surface area (Å²) in [4.78, 5) is 33.8. The molecule has 0 unspecified atom stereocenters. The van der Waals surface area contributed by atoms with E-state index in [1.54, 1.807) is 6.07 Å². The molecule has 0 radical (unpaired) electrons. The number of methoxy groups -OCH3 is 1. The van der Waals surface area contributed by atoms with Gasteiger partial charge in [-0.1, -0.05) is 23.7 Å². The van der Waals surface area contributed by atoms with Crippen LogP contribution in [0.2, 0.25) is 5.02 Å². The molecule has 4 aromatic rings. The fraction of sp³-hybridized carbons (Fsp3) is 0.120. The van der Waals surface area contributed by atoms with Gasteiger partial charge in [-0.25, -0.2) is 17.6 Å². The standard InChI is InChI=1S/C25H19BrClFN4O5S/c1-37-25(34)21(12-14-5-8-18(28)17(26)11-14)31-24(33)16-7-6-15(27)13-20(16)32-38(35,36)22-4-2-3-19-23(22)30-10-9-29-19/h2-11,13,21,32H,12H2,1H3,(H,31,33)/t21-/m0/s1. The number of carbonyl (C=O) groups excluding carboxylic acids is 2. The summed E-state index contributed by atoms with van der Waals surface area (Å²) in [5.41, 5.74) is 0.838. The number of fused-ring (bicyclic) bond motifs is 1. The number of nitrogens with one attached hydrogen (secondary N) is 2. The monoisotopic (exact) mass is 620 g/mol. The summed E-state index contributed by atoms with van der Waals surface area (Å²) in [6.45, 7) is 0. The molecule has 0 aliphatic heterocycles. The Balaban J connectivity index is 1.65. The third-order valence-electron chi connectivity index (χ3n) is 5.44. The molecule has 196 valence electrons. The Kier molecular flexibility index (Phi) is 8.24. The molecule has 1 atom stereocenters. The van der Waals surface area contributed by atoms with Gasteiger partial charge in [-0.05, 0) is 64.0 Å². The van der Waals surface area contributed by atoms with Gasteiger partial charge >= 0.3 is 5.97 Å². The number of aromatic nitrogens is 2. The van der Waals surface area contributed by atoms with E-state index in [9.17, 15) is 22.4 Å². The van der Waals surface area contributed by atoms with Crippen molar-refractivity contribution in [2.24, 2.45) is 0 Å². The Morgan fingerprint density at radius 1 is 1.11 bits per heavy atom. The van der Waals surface area contributed by atoms with Crippen LogP contribution in [0.25, 0.3) is 11.0 Å². The molecule has 1 heterocycles. The highest BCUT2D eigenvalue weighted by Gasteiger charge is 2.26. The van der Waals surface area contributed by atoms with Gasteiger partial charge in [-0.15, -0.1) is 0 Å². The summed E-state index contributed by atoms with van der Waals surface area (Å²) in [6, 6.07) is 11.5. The first kappa shape index (κ1) is 27.4. The number of rotatable bonds is 8. The highest BCUT2D eigenvalue weighted by molar-refractivity contribution is 9.10. The van der Waals surface area contributed by atoms with E-state index in [-0.39, 0.29) is 37.6 Å². The quantitative estimate of drug-likeness (QED) is 0.277. The van der Waals surface area contributed by atoms with Crippen molar-refractivity contribution in [2.45, 2.75) is 17.4 Å². The van der Waals surface area contributed by atoms with Crippen molar-refractivity contribution >= 4 is 66.2 Å². The molecule has 0 fully saturated rings. The van der Waals surface area contributed by atoms with Gasteiger partial charge in [0.1, 0.15) is 22.3 Å². The van der Waals surface area contributed by atoms with E-state index in [0.717, 1.165) is 7.11 Å². The number of ether oxygens (including phenoxy) is 1. The molecule has 3 aromatic carbocycles. The first-order valence-electron chi connectivity index (χ1n) is 10.9. The number of anilines is 1. The van der Waals surface area contributed by atoms with E-state index < -0.39 is 33.8 Å². The van der Waals surface area contributed by atoms with Crippen molar-refractivity contribution in [3.63, 3.8) is 0 Å². The second-order valence-electron chi connectivity index (χ2n) is 7.98. The van der Waals surface area contributed by atoms with Crippen molar-refractivity contribution < 1.29 is 27.1 Å². The Bertz CT molecular complexity index is 1650. The van der Waals surface area contributed by atoms with Gasteiger partial charge in [0.05, 0.1) is 28.4 Å². The highest BCUT2D eigenvalue weighted by Crippen LogP contribution is 2.27. The maximum absolute atomic E-state index is 13.6. The summed E-state index contributed by atoms with van der Waals surface area (Å²) in [5, 5.41) is 2.72. The number of carbonyl (C=O) groups is 2. The number of esters is 1. The van der Waals surface area contributed by atoms with Crippen LogP contribution in [0.5, 0.6) is 0 Å². The number of sulfonamides is 1. The van der Waals surface area contributed by atoms with Crippen molar-refractivity contribution in [1.29, 1.82) is 0 Å². The third kappa shape index (κ3) is 6.09. The minimum absolute atomic E-state index is 0.0133. The van der Waals surface area contributed by atoms with Crippen LogP contribution in [0.4, 0.5) is 10.1 Å². The molecule has 0 spiro atoms. The lowest BCUT2D eigenvalue weighted by atomic mass is 10.0. The van der Waals surface area contributed by atoms with Crippen LogP contribution in [-0.2, 0) is 26.0 Å². The summed E-state index contributed by atoms with van der Waals surface area (Å²) in [7, 11) is -3.08. The molecule has 0 saturated carbocycles. The van der Waals surface area contributed by atoms with Crippen molar-refractivity contribution in [3.8, 4) is 0 Å². The zero-order chi connectivity index (χ0) is 27.4. The van der Waals surface area contributed by atoms with Gasteiger partial charge in [0.25, 0.3) is 15.9 Å². The van der Waals surface area contributed by atoms with Crippen LogP contribution in [0.3, 0.4) is 0 Å². The first-order valence-corrected chi connectivity index (χ1v) is 13.6. The fourth-order valence-corrected chi connectivity index (χ4v) is 5.49. The number of halogens is 3. The predicted octanol–water partition coefficient (Wildman–Crippen LogP) is 4.50. The predicted molar refractivity (Wildman–Crippen MR) is 143 cm³/mol. The molecule has 0 aliphatic carbocycles. The maximum atomic E-state index is 13.6. The number of para-hydroxylation sites is 1. The molecular weight excluding hydrogens is 603 g/mol. The van der Waals surface area contributed by atoms with Crippen LogP contribution >= 0.6 is 27.5 Å². The molecular formula is C25H19BrClFN4O5S. The highest BCUT2D eigenvalue weighted by atomic mass is 79.9. The van der Waals surface area contributed by atoms with E-state index in [0.29, 0.717) is 11.1 Å². The largest absolute Gasteiger partial charge is 0.467 e. The normalized spacial score (nSPS) is 12.1. The zero-order valence-corrected chi connectivity index (χ0v) is 22.8. The topological polar surface area (TPSA) is 127 Å². The summed E-state index contributed by atoms with van der Waals surface area (Å²) >= 11 is 9.20. The summed E-state index contributed by atoms with van der Waals surface area (Å²) < 4.78 is 47.7. The molecule has 4 rings (SSSR count). The van der Waals surface area contributed by atoms with Gasteiger partial charge in [0.15, 0.2) is 0 Å². The first-order chi connectivity index (χ1) is 18.1. The van der Waals surface area contributed by atoms with Crippen LogP contribution in [0, 0.1) is 5.82 Å². The molecule has 9 nitrogen and oxygen atoms in total. The maximum Gasteiger partial charge on any atom is 0.328 e. The molecule has 0 aliphatic rings. The molecule has 1 amide bonds. The number of amides is 1. The molecule has 2 N–H and O–H groups in total. The summed E-state index contributed by atoms with van der Waals surface area (Å²) in [6.07, 6.45) is 2.79. The average Bonchev–Trinajstić information content (AvgIpc) is 2.89. The second kappa shape index (κ2) is 11.4. The molecule has 0 saturated heterocycles. The van der Waals surface area contributed by atoms with Crippen LogP contribution in [0.15, 0.2) is 76.4 Å². The minimum Gasteiger partial charge on any atom is -0.467 e. The Morgan fingerprint density at radius 3 is 2.61 bits per heavy atom. The smallest absolute Gasteiger partial charge is 0.328 e. The molecule has 0 bridgehead atoms. The number of benzene rings is 3. The van der Waals surface area contributed by atoms with E-state index >= 15 is 0 Å². The van der Waals surface area contributed by atoms with Gasteiger partial charge < -0.3 is 10.1 Å². The lowest BCUT2D eigenvalue weighted by molar-refractivity contribution is -0.142. The Hall–Kier alpha value is -3.61. The third-order valence-corrected chi connectivity index (χ3v) is 7.68. The molecule has 13 heteroatoms. The SMILES string of the molecule is COC(=O)[C@H](Cc1ccc(F)c(Br)c1)NC(=O)c1ccc(Cl)cc1NS(=O)(=O)c1cccc2nccnc12. The lowest BCUT2D eigenvalue weighted by Crippen LogP contribution is -2.43. The zero-order valence-electron chi connectivity index (χ0n) is 19.6. The minimum atomic E-state index is -4.24. The van der Waals surface area contributed by atoms with Gasteiger partial charge in [-0.2, -0.15) is 0 Å². The van der Waals surface area contributed by atoms with E-state index in [1.807, 2.05) is 0 Å². The van der Waals surface area contributed by atoms with Gasteiger partial charge in [0, 0.05) is 23.8 Å². The van der Waals surface area contributed by atoms with Crippen molar-refractivity contribution in [3.05, 3.63) is 93.4 Å². The second-order valence-corrected chi connectivity index (χ2v) is 10.9.